The summed E-state index contributed by atoms with van der Waals surface area (Å²) >= 11 is 0. The van der Waals surface area contributed by atoms with Crippen molar-refractivity contribution in [3.63, 3.8) is 0 Å². The first kappa shape index (κ1) is 27.3. The Hall–Kier alpha value is -3.78. The van der Waals surface area contributed by atoms with Crippen molar-refractivity contribution in [2.75, 3.05) is 40.4 Å². The zero-order valence-corrected chi connectivity index (χ0v) is 22.5. The number of likely N-dealkylation sites (tertiary alicyclic amines) is 1. The minimum atomic E-state index is -0.770. The molecule has 1 saturated heterocycles. The lowest BCUT2D eigenvalue weighted by Gasteiger charge is -2.26. The Kier molecular flexibility index (Phi) is 8.42. The second-order valence-corrected chi connectivity index (χ2v) is 9.84. The van der Waals surface area contributed by atoms with Crippen LogP contribution in [0.4, 0.5) is 0 Å². The van der Waals surface area contributed by atoms with Crippen LogP contribution in [0.3, 0.4) is 0 Å². The molecule has 0 aliphatic carbocycles. The van der Waals surface area contributed by atoms with Crippen molar-refractivity contribution in [1.82, 2.24) is 9.80 Å². The van der Waals surface area contributed by atoms with E-state index in [0.717, 1.165) is 17.9 Å². The van der Waals surface area contributed by atoms with Crippen LogP contribution in [-0.2, 0) is 16.0 Å². The van der Waals surface area contributed by atoms with E-state index in [2.05, 4.69) is 6.58 Å². The van der Waals surface area contributed by atoms with E-state index in [1.807, 2.05) is 45.0 Å². The molecule has 0 aromatic heterocycles. The number of aliphatic hydroxyl groups is 1. The van der Waals surface area contributed by atoms with Gasteiger partial charge in [-0.25, -0.2) is 0 Å². The number of benzene rings is 2. The summed E-state index contributed by atoms with van der Waals surface area (Å²) in [6.07, 6.45) is 3.07. The Labute approximate surface area is 224 Å². The highest BCUT2D eigenvalue weighted by Crippen LogP contribution is 2.43. The molecule has 2 aliphatic rings. The highest BCUT2D eigenvalue weighted by Gasteiger charge is 2.46. The first-order chi connectivity index (χ1) is 18.2. The Morgan fingerprint density at radius 3 is 2.68 bits per heavy atom. The van der Waals surface area contributed by atoms with Crippen LogP contribution >= 0.6 is 0 Å². The molecule has 1 fully saturated rings. The predicted octanol–water partition coefficient (Wildman–Crippen LogP) is 4.35. The second kappa shape index (κ2) is 11.7. The molecule has 0 spiro atoms. The highest BCUT2D eigenvalue weighted by molar-refractivity contribution is 6.46. The third-order valence-electron chi connectivity index (χ3n) is 6.65. The first-order valence-corrected chi connectivity index (χ1v) is 13.0. The van der Waals surface area contributed by atoms with Crippen molar-refractivity contribution in [2.24, 2.45) is 0 Å². The number of carbonyl (C=O) groups excluding carboxylic acids is 2. The molecule has 0 bridgehead atoms. The average molecular weight is 521 g/mol. The molecule has 2 aromatic carbocycles. The van der Waals surface area contributed by atoms with Crippen LogP contribution in [-0.4, -0.2) is 73.1 Å². The number of fused-ring (bicyclic) bond motifs is 1. The molecular formula is C30H36N2O6. The van der Waals surface area contributed by atoms with Gasteiger partial charge in [-0.2, -0.15) is 0 Å². The monoisotopic (exact) mass is 520 g/mol. The lowest BCUT2D eigenvalue weighted by atomic mass is 9.94. The molecule has 8 heteroatoms. The van der Waals surface area contributed by atoms with Crippen molar-refractivity contribution in [3.05, 3.63) is 71.3 Å². The molecule has 4 rings (SSSR count). The molecule has 38 heavy (non-hydrogen) atoms. The quantitative estimate of drug-likeness (QED) is 0.204. The van der Waals surface area contributed by atoms with Gasteiger partial charge in [0.25, 0.3) is 11.7 Å². The number of rotatable bonds is 11. The molecule has 2 aromatic rings. The zero-order chi connectivity index (χ0) is 27.4. The van der Waals surface area contributed by atoms with E-state index in [1.165, 1.54) is 0 Å². The third-order valence-corrected chi connectivity index (χ3v) is 6.65. The van der Waals surface area contributed by atoms with E-state index in [4.69, 9.17) is 14.2 Å². The maximum absolute atomic E-state index is 13.4. The molecule has 2 aliphatic heterocycles. The average Bonchev–Trinajstić information content (AvgIpc) is 3.38. The number of ether oxygens (including phenoxy) is 3. The van der Waals surface area contributed by atoms with Gasteiger partial charge in [0.1, 0.15) is 24.2 Å². The van der Waals surface area contributed by atoms with Crippen molar-refractivity contribution >= 4 is 17.4 Å². The number of ketones is 1. The normalized spacial score (nSPS) is 20.0. The predicted molar refractivity (Wildman–Crippen MR) is 146 cm³/mol. The van der Waals surface area contributed by atoms with Gasteiger partial charge >= 0.3 is 0 Å². The van der Waals surface area contributed by atoms with Crippen LogP contribution < -0.4 is 14.2 Å². The van der Waals surface area contributed by atoms with Crippen LogP contribution in [0.25, 0.3) is 5.76 Å². The number of Topliss-reactive ketones (excluding diaryl/α,β-unsaturated/α-hetero) is 1. The lowest BCUT2D eigenvalue weighted by Crippen LogP contribution is -2.32. The number of amides is 1. The number of carbonyl (C=O) groups is 2. The summed E-state index contributed by atoms with van der Waals surface area (Å²) in [5, 5.41) is 11.5. The fraction of sp³-hybridized carbons (Fsp3) is 0.400. The molecule has 1 N–H and O–H groups in total. The molecule has 0 radical (unpaired) electrons. The fourth-order valence-electron chi connectivity index (χ4n) is 4.97. The SMILES string of the molecule is C=CCOc1ccc([C@H]2C(=C(O)c3ccc4c(c3)C[C@@H](C)O4)C(=O)C(=O)N2CCCN(C)C)cc1OCC. The number of aliphatic hydroxyl groups excluding tert-OH is 1. The maximum atomic E-state index is 13.4. The standard InChI is InChI=1S/C30H36N2O6/c1-6-15-37-24-12-9-20(18-25(24)36-7-2)27-26(29(34)30(35)32(27)14-8-13-31(4)5)28(33)21-10-11-23-22(17-21)16-19(3)38-23/h6,9-12,17-19,27,33H,1,7-8,13-16H2,2-5H3/t19-,27+/m1/s1. The van der Waals surface area contributed by atoms with Gasteiger partial charge in [0.15, 0.2) is 11.5 Å². The summed E-state index contributed by atoms with van der Waals surface area (Å²) in [7, 11) is 3.92. The van der Waals surface area contributed by atoms with E-state index >= 15 is 0 Å². The van der Waals surface area contributed by atoms with Crippen molar-refractivity contribution in [2.45, 2.75) is 38.8 Å². The number of hydrogen-bond donors (Lipinski definition) is 1. The Bertz CT molecular complexity index is 1250. The van der Waals surface area contributed by atoms with E-state index < -0.39 is 17.7 Å². The summed E-state index contributed by atoms with van der Waals surface area (Å²) < 4.78 is 17.4. The third kappa shape index (κ3) is 5.55. The zero-order valence-electron chi connectivity index (χ0n) is 22.5. The summed E-state index contributed by atoms with van der Waals surface area (Å²) in [5.74, 6) is 0.273. The fourth-order valence-corrected chi connectivity index (χ4v) is 4.97. The van der Waals surface area contributed by atoms with Crippen molar-refractivity contribution in [1.29, 1.82) is 0 Å². The largest absolute Gasteiger partial charge is 0.507 e. The summed E-state index contributed by atoms with van der Waals surface area (Å²) in [6, 6.07) is 9.94. The van der Waals surface area contributed by atoms with Gasteiger partial charge in [0.2, 0.25) is 0 Å². The topological polar surface area (TPSA) is 88.5 Å². The van der Waals surface area contributed by atoms with Crippen LogP contribution in [0.1, 0.15) is 43.0 Å². The molecule has 0 saturated carbocycles. The second-order valence-electron chi connectivity index (χ2n) is 9.84. The molecule has 2 heterocycles. The first-order valence-electron chi connectivity index (χ1n) is 13.0. The Morgan fingerprint density at radius 2 is 1.97 bits per heavy atom. The molecule has 2 atom stereocenters. The van der Waals surface area contributed by atoms with E-state index in [1.54, 1.807) is 35.2 Å². The van der Waals surface area contributed by atoms with E-state index in [9.17, 15) is 14.7 Å². The highest BCUT2D eigenvalue weighted by atomic mass is 16.5. The van der Waals surface area contributed by atoms with E-state index in [-0.39, 0.29) is 17.4 Å². The summed E-state index contributed by atoms with van der Waals surface area (Å²) in [5.41, 5.74) is 2.16. The number of hydrogen-bond acceptors (Lipinski definition) is 7. The molecule has 0 unspecified atom stereocenters. The van der Waals surface area contributed by atoms with Crippen LogP contribution in [0, 0.1) is 0 Å². The van der Waals surface area contributed by atoms with Gasteiger partial charge in [0.05, 0.1) is 18.2 Å². The maximum Gasteiger partial charge on any atom is 0.295 e. The van der Waals surface area contributed by atoms with Gasteiger partial charge in [-0.05, 0) is 82.4 Å². The summed E-state index contributed by atoms with van der Waals surface area (Å²) in [4.78, 5) is 30.3. The van der Waals surface area contributed by atoms with Gasteiger partial charge < -0.3 is 29.1 Å². The molecule has 1 amide bonds. The van der Waals surface area contributed by atoms with Crippen LogP contribution in [0.2, 0.25) is 0 Å². The van der Waals surface area contributed by atoms with Crippen LogP contribution in [0.5, 0.6) is 17.2 Å². The molecule has 202 valence electrons. The molecule has 8 nitrogen and oxygen atoms in total. The van der Waals surface area contributed by atoms with E-state index in [0.29, 0.717) is 55.2 Å². The molecular weight excluding hydrogens is 484 g/mol. The smallest absolute Gasteiger partial charge is 0.295 e. The van der Waals surface area contributed by atoms with Crippen LogP contribution in [0.15, 0.2) is 54.6 Å². The minimum absolute atomic E-state index is 0.0449. The van der Waals surface area contributed by atoms with Crippen molar-refractivity contribution in [3.8, 4) is 17.2 Å². The van der Waals surface area contributed by atoms with Gasteiger partial charge in [-0.1, -0.05) is 18.7 Å². The Morgan fingerprint density at radius 1 is 1.18 bits per heavy atom. The minimum Gasteiger partial charge on any atom is -0.507 e. The summed E-state index contributed by atoms with van der Waals surface area (Å²) in [6.45, 7) is 9.37. The van der Waals surface area contributed by atoms with Crippen molar-refractivity contribution < 1.29 is 28.9 Å². The Balaban J connectivity index is 1.81. The lowest BCUT2D eigenvalue weighted by molar-refractivity contribution is -0.139. The van der Waals surface area contributed by atoms with Gasteiger partial charge in [0, 0.05) is 18.5 Å². The van der Waals surface area contributed by atoms with Gasteiger partial charge in [-0.3, -0.25) is 9.59 Å². The number of nitrogens with zero attached hydrogens (tertiary/aromatic N) is 2. The van der Waals surface area contributed by atoms with Gasteiger partial charge in [-0.15, -0.1) is 0 Å².